The zero-order valence-corrected chi connectivity index (χ0v) is 15.8. The number of nitrogens with one attached hydrogen (secondary N) is 2. The van der Waals surface area contributed by atoms with Gasteiger partial charge in [0.05, 0.1) is 4.92 Å². The molecule has 0 aliphatic carbocycles. The van der Waals surface area contributed by atoms with E-state index in [-0.39, 0.29) is 30.9 Å². The van der Waals surface area contributed by atoms with Crippen LogP contribution in [0, 0.1) is 17.0 Å². The molecule has 0 aromatic heterocycles. The van der Waals surface area contributed by atoms with Crippen molar-refractivity contribution in [3.63, 3.8) is 0 Å². The molecule has 0 aliphatic rings. The number of esters is 1. The van der Waals surface area contributed by atoms with Gasteiger partial charge in [-0.1, -0.05) is 23.8 Å². The first kappa shape index (κ1) is 21.5. The fourth-order valence-corrected chi connectivity index (χ4v) is 2.37. The Labute approximate surface area is 167 Å². The first-order chi connectivity index (χ1) is 13.8. The second-order valence-electron chi connectivity index (χ2n) is 6.28. The van der Waals surface area contributed by atoms with Crippen LogP contribution in [0.25, 0.3) is 0 Å². The van der Waals surface area contributed by atoms with Crippen molar-refractivity contribution in [2.24, 2.45) is 0 Å². The standard InChI is InChI=1S/C20H21N3O6/c1-14-8-10-15(11-9-14)21-19(25)13-29-20(26)7-3-6-18(24)22-16-4-2-5-17(12-16)23(27)28/h2,4-5,8-12H,3,6-7,13H2,1H3,(H,21,25)(H,22,24). The molecule has 2 aromatic rings. The van der Waals surface area contributed by atoms with Crippen molar-refractivity contribution in [3.05, 3.63) is 64.2 Å². The van der Waals surface area contributed by atoms with Crippen LogP contribution in [-0.4, -0.2) is 29.3 Å². The Kier molecular flexibility index (Phi) is 7.84. The Morgan fingerprint density at radius 1 is 0.966 bits per heavy atom. The lowest BCUT2D eigenvalue weighted by Crippen LogP contribution is -2.21. The average Bonchev–Trinajstić information content (AvgIpc) is 2.68. The number of nitro benzene ring substituents is 1. The van der Waals surface area contributed by atoms with Crippen LogP contribution in [0.5, 0.6) is 0 Å². The minimum atomic E-state index is -0.591. The highest BCUT2D eigenvalue weighted by molar-refractivity contribution is 5.93. The van der Waals surface area contributed by atoms with Crippen molar-refractivity contribution < 1.29 is 24.0 Å². The largest absolute Gasteiger partial charge is 0.456 e. The number of rotatable bonds is 9. The molecule has 0 saturated carbocycles. The predicted octanol–water partition coefficient (Wildman–Crippen LogP) is 3.19. The van der Waals surface area contributed by atoms with Crippen LogP contribution in [0.15, 0.2) is 48.5 Å². The van der Waals surface area contributed by atoms with Crippen molar-refractivity contribution in [2.45, 2.75) is 26.2 Å². The van der Waals surface area contributed by atoms with Crippen LogP contribution in [0.3, 0.4) is 0 Å². The van der Waals surface area contributed by atoms with E-state index in [1.165, 1.54) is 24.3 Å². The van der Waals surface area contributed by atoms with Gasteiger partial charge in [-0.15, -0.1) is 0 Å². The van der Waals surface area contributed by atoms with Gasteiger partial charge < -0.3 is 15.4 Å². The summed E-state index contributed by atoms with van der Waals surface area (Å²) >= 11 is 0. The first-order valence-electron chi connectivity index (χ1n) is 8.90. The SMILES string of the molecule is Cc1ccc(NC(=O)COC(=O)CCCC(=O)Nc2cccc([N+](=O)[O-])c2)cc1. The lowest BCUT2D eigenvalue weighted by molar-refractivity contribution is -0.384. The van der Waals surface area contributed by atoms with Gasteiger partial charge in [0.25, 0.3) is 11.6 Å². The molecule has 29 heavy (non-hydrogen) atoms. The van der Waals surface area contributed by atoms with E-state index in [0.29, 0.717) is 11.4 Å². The van der Waals surface area contributed by atoms with Gasteiger partial charge in [-0.2, -0.15) is 0 Å². The third kappa shape index (κ3) is 7.79. The second-order valence-corrected chi connectivity index (χ2v) is 6.28. The highest BCUT2D eigenvalue weighted by atomic mass is 16.6. The van der Waals surface area contributed by atoms with Gasteiger partial charge in [-0.3, -0.25) is 24.5 Å². The van der Waals surface area contributed by atoms with Crippen molar-refractivity contribution in [1.29, 1.82) is 0 Å². The zero-order valence-electron chi connectivity index (χ0n) is 15.8. The summed E-state index contributed by atoms with van der Waals surface area (Å²) in [5, 5.41) is 15.9. The van der Waals surface area contributed by atoms with E-state index in [9.17, 15) is 24.5 Å². The molecule has 0 aliphatic heterocycles. The van der Waals surface area contributed by atoms with Gasteiger partial charge in [0.2, 0.25) is 5.91 Å². The van der Waals surface area contributed by atoms with E-state index in [1.54, 1.807) is 12.1 Å². The Balaban J connectivity index is 1.65. The molecule has 0 saturated heterocycles. The normalized spacial score (nSPS) is 10.1. The summed E-state index contributed by atoms with van der Waals surface area (Å²) in [6.45, 7) is 1.52. The summed E-state index contributed by atoms with van der Waals surface area (Å²) in [6.07, 6.45) is 0.229. The Bertz CT molecular complexity index is 895. The van der Waals surface area contributed by atoms with Gasteiger partial charge in [-0.25, -0.2) is 0 Å². The predicted molar refractivity (Wildman–Crippen MR) is 106 cm³/mol. The molecule has 0 spiro atoms. The number of carbonyl (C=O) groups excluding carboxylic acids is 3. The maximum atomic E-state index is 11.9. The number of anilines is 2. The number of amides is 2. The lowest BCUT2D eigenvalue weighted by Gasteiger charge is -2.07. The van der Waals surface area contributed by atoms with Crippen LogP contribution in [0.4, 0.5) is 17.1 Å². The van der Waals surface area contributed by atoms with E-state index in [1.807, 2.05) is 19.1 Å². The Hall–Kier alpha value is -3.75. The summed E-state index contributed by atoms with van der Waals surface area (Å²) in [6, 6.07) is 12.8. The number of hydrogen-bond acceptors (Lipinski definition) is 6. The Morgan fingerprint density at radius 3 is 2.34 bits per heavy atom. The van der Waals surface area contributed by atoms with E-state index < -0.39 is 23.4 Å². The van der Waals surface area contributed by atoms with Gasteiger partial charge in [0.15, 0.2) is 6.61 Å². The van der Waals surface area contributed by atoms with Crippen LogP contribution in [0.2, 0.25) is 0 Å². The number of non-ortho nitro benzene ring substituents is 1. The van der Waals surface area contributed by atoms with Crippen molar-refractivity contribution >= 4 is 34.8 Å². The summed E-state index contributed by atoms with van der Waals surface area (Å²) in [5.41, 5.74) is 1.84. The van der Waals surface area contributed by atoms with Gasteiger partial charge >= 0.3 is 5.97 Å². The third-order valence-corrected chi connectivity index (χ3v) is 3.83. The summed E-state index contributed by atoms with van der Waals surface area (Å²) in [5.74, 6) is -1.42. The molecule has 2 aromatic carbocycles. The van der Waals surface area contributed by atoms with Gasteiger partial charge in [0.1, 0.15) is 0 Å². The van der Waals surface area contributed by atoms with Crippen LogP contribution in [-0.2, 0) is 19.1 Å². The number of ether oxygens (including phenoxy) is 1. The van der Waals surface area contributed by atoms with Crippen molar-refractivity contribution in [1.82, 2.24) is 0 Å². The highest BCUT2D eigenvalue weighted by Crippen LogP contribution is 2.17. The molecule has 152 valence electrons. The molecule has 9 heteroatoms. The topological polar surface area (TPSA) is 128 Å². The highest BCUT2D eigenvalue weighted by Gasteiger charge is 2.11. The smallest absolute Gasteiger partial charge is 0.306 e. The van der Waals surface area contributed by atoms with Crippen LogP contribution < -0.4 is 10.6 Å². The monoisotopic (exact) mass is 399 g/mol. The molecule has 2 rings (SSSR count). The lowest BCUT2D eigenvalue weighted by atomic mass is 10.2. The number of carbonyl (C=O) groups is 3. The minimum absolute atomic E-state index is 0.0276. The van der Waals surface area contributed by atoms with Crippen LogP contribution in [0.1, 0.15) is 24.8 Å². The van der Waals surface area contributed by atoms with E-state index in [4.69, 9.17) is 4.74 Å². The molecule has 0 atom stereocenters. The number of hydrogen-bond donors (Lipinski definition) is 2. The molecule has 0 radical (unpaired) electrons. The molecule has 0 unspecified atom stereocenters. The average molecular weight is 399 g/mol. The molecule has 9 nitrogen and oxygen atoms in total. The Morgan fingerprint density at radius 2 is 1.66 bits per heavy atom. The summed E-state index contributed by atoms with van der Waals surface area (Å²) in [7, 11) is 0. The quantitative estimate of drug-likeness (QED) is 0.379. The third-order valence-electron chi connectivity index (χ3n) is 3.83. The van der Waals surface area contributed by atoms with Crippen molar-refractivity contribution in [3.8, 4) is 0 Å². The number of aryl methyl sites for hydroxylation is 1. The number of benzene rings is 2. The molecule has 0 heterocycles. The van der Waals surface area contributed by atoms with Gasteiger partial charge in [0, 0.05) is 36.3 Å². The number of nitro groups is 1. The molecular formula is C20H21N3O6. The zero-order chi connectivity index (χ0) is 21.2. The molecule has 2 amide bonds. The van der Waals surface area contributed by atoms with E-state index >= 15 is 0 Å². The molecular weight excluding hydrogens is 378 g/mol. The summed E-state index contributed by atoms with van der Waals surface area (Å²) < 4.78 is 4.88. The van der Waals surface area contributed by atoms with Crippen LogP contribution >= 0.6 is 0 Å². The van der Waals surface area contributed by atoms with Gasteiger partial charge in [-0.05, 0) is 31.5 Å². The molecule has 0 fully saturated rings. The van der Waals surface area contributed by atoms with Crippen molar-refractivity contribution in [2.75, 3.05) is 17.2 Å². The fraction of sp³-hybridized carbons (Fsp3) is 0.250. The number of nitrogens with zero attached hydrogens (tertiary/aromatic N) is 1. The maximum absolute atomic E-state index is 11.9. The first-order valence-corrected chi connectivity index (χ1v) is 8.90. The minimum Gasteiger partial charge on any atom is -0.456 e. The second kappa shape index (κ2) is 10.5. The fourth-order valence-electron chi connectivity index (χ4n) is 2.37. The molecule has 0 bridgehead atoms. The summed E-state index contributed by atoms with van der Waals surface area (Å²) in [4.78, 5) is 45.5. The maximum Gasteiger partial charge on any atom is 0.306 e. The molecule has 2 N–H and O–H groups in total. The van der Waals surface area contributed by atoms with E-state index in [2.05, 4.69) is 10.6 Å². The van der Waals surface area contributed by atoms with E-state index in [0.717, 1.165) is 5.56 Å².